The van der Waals surface area contributed by atoms with E-state index in [0.717, 1.165) is 11.0 Å². The summed E-state index contributed by atoms with van der Waals surface area (Å²) in [5.41, 5.74) is 5.93. The summed E-state index contributed by atoms with van der Waals surface area (Å²) in [6.07, 6.45) is 1.43. The van der Waals surface area contributed by atoms with Gasteiger partial charge < -0.3 is 10.7 Å². The monoisotopic (exact) mass is 288 g/mol. The van der Waals surface area contributed by atoms with E-state index >= 15 is 0 Å². The molecule has 1 aliphatic heterocycles. The molecule has 7 heteroatoms. The minimum Gasteiger partial charge on any atom is -0.369 e. The first-order valence-electron chi connectivity index (χ1n) is 6.84. The molecule has 0 radical (unpaired) electrons. The van der Waals surface area contributed by atoms with Gasteiger partial charge in [0.15, 0.2) is 0 Å². The number of aromatic amines is 1. The van der Waals surface area contributed by atoms with Gasteiger partial charge in [0.25, 0.3) is 5.91 Å². The Morgan fingerprint density at radius 3 is 2.86 bits per heavy atom. The molecular formula is C14H16N4O3. The van der Waals surface area contributed by atoms with Crippen molar-refractivity contribution < 1.29 is 9.59 Å². The second-order valence-corrected chi connectivity index (χ2v) is 5.22. The highest BCUT2D eigenvalue weighted by molar-refractivity contribution is 5.93. The van der Waals surface area contributed by atoms with Crippen molar-refractivity contribution in [1.29, 1.82) is 0 Å². The predicted molar refractivity (Wildman–Crippen MR) is 77.0 cm³/mol. The third-order valence-electron chi connectivity index (χ3n) is 3.82. The van der Waals surface area contributed by atoms with Crippen LogP contribution in [0.25, 0.3) is 11.0 Å². The summed E-state index contributed by atoms with van der Waals surface area (Å²) in [7, 11) is 0. The van der Waals surface area contributed by atoms with Crippen LogP contribution >= 0.6 is 0 Å². The van der Waals surface area contributed by atoms with Crippen LogP contribution in [0.1, 0.15) is 17.6 Å². The molecule has 7 nitrogen and oxygen atoms in total. The number of H-pyrrole nitrogens is 1. The molecule has 3 N–H and O–H groups in total. The molecule has 0 aliphatic carbocycles. The molecule has 21 heavy (non-hydrogen) atoms. The lowest BCUT2D eigenvalue weighted by atomic mass is 10.2. The molecule has 2 aromatic rings. The van der Waals surface area contributed by atoms with Gasteiger partial charge in [0, 0.05) is 0 Å². The van der Waals surface area contributed by atoms with Gasteiger partial charge in [-0.1, -0.05) is 12.1 Å². The minimum atomic E-state index is -0.477. The number of amides is 1. The smallest absolute Gasteiger partial charge is 0.333 e. The van der Waals surface area contributed by atoms with E-state index in [-0.39, 0.29) is 12.5 Å². The van der Waals surface area contributed by atoms with Crippen molar-refractivity contribution in [2.24, 2.45) is 5.73 Å². The van der Waals surface area contributed by atoms with E-state index in [9.17, 15) is 14.4 Å². The topological polar surface area (TPSA) is 101 Å². The molecule has 0 spiro atoms. The Kier molecular flexibility index (Phi) is 3.34. The molecule has 0 bridgehead atoms. The number of rotatable bonds is 3. The van der Waals surface area contributed by atoms with Crippen molar-refractivity contribution in [2.45, 2.75) is 18.9 Å². The maximum Gasteiger partial charge on any atom is 0.333 e. The number of likely N-dealkylation sites (tertiary alicyclic amines) is 1. The summed E-state index contributed by atoms with van der Waals surface area (Å²) >= 11 is 0. The Balaban J connectivity index is 1.98. The van der Waals surface area contributed by atoms with Crippen LogP contribution in [-0.4, -0.2) is 45.4 Å². The lowest BCUT2D eigenvalue weighted by molar-refractivity contribution is -0.119. The lowest BCUT2D eigenvalue weighted by Crippen LogP contribution is -2.45. The number of para-hydroxylation sites is 2. The normalized spacial score (nSPS) is 19.1. The number of nitrogens with zero attached hydrogens (tertiary/aromatic N) is 2. The summed E-state index contributed by atoms with van der Waals surface area (Å²) in [5, 5.41) is 0. The van der Waals surface area contributed by atoms with Gasteiger partial charge in [-0.15, -0.1) is 0 Å². The number of imidazole rings is 1. The van der Waals surface area contributed by atoms with Crippen LogP contribution in [0.3, 0.4) is 0 Å². The van der Waals surface area contributed by atoms with Gasteiger partial charge in [-0.05, 0) is 31.5 Å². The molecule has 2 heterocycles. The SMILES string of the molecule is NC(=O)CN1CCCC1C(=O)n1c(=O)[nH]c2ccccc21. The molecule has 110 valence electrons. The molecular weight excluding hydrogens is 272 g/mol. The zero-order valence-electron chi connectivity index (χ0n) is 11.4. The Morgan fingerprint density at radius 2 is 2.10 bits per heavy atom. The largest absolute Gasteiger partial charge is 0.369 e. The summed E-state index contributed by atoms with van der Waals surface area (Å²) in [5.74, 6) is -0.780. The Morgan fingerprint density at radius 1 is 1.33 bits per heavy atom. The van der Waals surface area contributed by atoms with Crippen molar-refractivity contribution >= 4 is 22.8 Å². The number of fused-ring (bicyclic) bond motifs is 1. The van der Waals surface area contributed by atoms with Crippen LogP contribution in [0.5, 0.6) is 0 Å². The van der Waals surface area contributed by atoms with Crippen molar-refractivity contribution in [3.05, 3.63) is 34.7 Å². The molecule has 1 saturated heterocycles. The van der Waals surface area contributed by atoms with E-state index in [1.54, 1.807) is 29.2 Å². The van der Waals surface area contributed by atoms with Gasteiger partial charge >= 0.3 is 5.69 Å². The first kappa shape index (κ1) is 13.6. The highest BCUT2D eigenvalue weighted by atomic mass is 16.2. The van der Waals surface area contributed by atoms with Crippen LogP contribution in [0, 0.1) is 0 Å². The van der Waals surface area contributed by atoms with Gasteiger partial charge in [-0.3, -0.25) is 14.5 Å². The number of carbonyl (C=O) groups is 2. The number of hydrogen-bond donors (Lipinski definition) is 2. The number of hydrogen-bond acceptors (Lipinski definition) is 4. The fraction of sp³-hybridized carbons (Fsp3) is 0.357. The molecule has 1 amide bonds. The van der Waals surface area contributed by atoms with E-state index < -0.39 is 17.6 Å². The van der Waals surface area contributed by atoms with Crippen LogP contribution in [0.2, 0.25) is 0 Å². The fourth-order valence-corrected chi connectivity index (χ4v) is 2.92. The van der Waals surface area contributed by atoms with E-state index in [2.05, 4.69) is 4.98 Å². The average molecular weight is 288 g/mol. The number of nitrogens with one attached hydrogen (secondary N) is 1. The molecule has 1 atom stereocenters. The Bertz CT molecular complexity index is 761. The van der Waals surface area contributed by atoms with Gasteiger partial charge in [-0.2, -0.15) is 0 Å². The summed E-state index contributed by atoms with van der Waals surface area (Å²) in [4.78, 5) is 40.2. The van der Waals surface area contributed by atoms with Crippen molar-refractivity contribution in [2.75, 3.05) is 13.1 Å². The third-order valence-corrected chi connectivity index (χ3v) is 3.82. The van der Waals surface area contributed by atoms with E-state index in [1.165, 1.54) is 0 Å². The molecule has 1 aliphatic rings. The van der Waals surface area contributed by atoms with Gasteiger partial charge in [0.1, 0.15) is 0 Å². The second-order valence-electron chi connectivity index (χ2n) is 5.22. The quantitative estimate of drug-likeness (QED) is 0.824. The highest BCUT2D eigenvalue weighted by Crippen LogP contribution is 2.19. The summed E-state index contributed by atoms with van der Waals surface area (Å²) in [6, 6.07) is 6.56. The van der Waals surface area contributed by atoms with Gasteiger partial charge in [0.2, 0.25) is 5.91 Å². The van der Waals surface area contributed by atoms with Gasteiger partial charge in [0.05, 0.1) is 23.6 Å². The zero-order chi connectivity index (χ0) is 15.0. The number of primary amides is 1. The summed E-state index contributed by atoms with van der Waals surface area (Å²) in [6.45, 7) is 0.671. The van der Waals surface area contributed by atoms with Crippen LogP contribution < -0.4 is 11.4 Å². The molecule has 1 fully saturated rings. The van der Waals surface area contributed by atoms with Crippen LogP contribution in [0.15, 0.2) is 29.1 Å². The minimum absolute atomic E-state index is 0.0352. The van der Waals surface area contributed by atoms with Crippen LogP contribution in [-0.2, 0) is 4.79 Å². The maximum atomic E-state index is 12.7. The fourth-order valence-electron chi connectivity index (χ4n) is 2.92. The molecule has 1 unspecified atom stereocenters. The standard InChI is InChI=1S/C14H16N4O3/c15-12(19)8-17-7-3-6-11(17)13(20)18-10-5-2-1-4-9(10)16-14(18)21/h1-2,4-5,11H,3,6-8H2,(H2,15,19)(H,16,21). The van der Waals surface area contributed by atoms with E-state index in [0.29, 0.717) is 24.0 Å². The molecule has 3 rings (SSSR count). The van der Waals surface area contributed by atoms with Crippen LogP contribution in [0.4, 0.5) is 0 Å². The molecule has 0 saturated carbocycles. The second kappa shape index (κ2) is 5.17. The Hall–Kier alpha value is -2.41. The summed E-state index contributed by atoms with van der Waals surface area (Å²) < 4.78 is 1.15. The first-order valence-corrected chi connectivity index (χ1v) is 6.84. The zero-order valence-corrected chi connectivity index (χ0v) is 11.4. The van der Waals surface area contributed by atoms with Gasteiger partial charge in [-0.25, -0.2) is 9.36 Å². The first-order chi connectivity index (χ1) is 10.1. The third kappa shape index (κ3) is 2.36. The number of benzene rings is 1. The number of nitrogens with two attached hydrogens (primary N) is 1. The highest BCUT2D eigenvalue weighted by Gasteiger charge is 2.33. The maximum absolute atomic E-state index is 12.7. The lowest BCUT2D eigenvalue weighted by Gasteiger charge is -2.21. The van der Waals surface area contributed by atoms with E-state index in [4.69, 9.17) is 5.73 Å². The van der Waals surface area contributed by atoms with E-state index in [1.807, 2.05) is 0 Å². The average Bonchev–Trinajstić information content (AvgIpc) is 3.00. The Labute approximate surface area is 120 Å². The number of aromatic nitrogens is 2. The van der Waals surface area contributed by atoms with Crippen molar-refractivity contribution in [3.8, 4) is 0 Å². The molecule has 1 aromatic carbocycles. The van der Waals surface area contributed by atoms with Crippen molar-refractivity contribution in [3.63, 3.8) is 0 Å². The molecule has 1 aromatic heterocycles. The van der Waals surface area contributed by atoms with Crippen molar-refractivity contribution in [1.82, 2.24) is 14.5 Å². The predicted octanol–water partition coefficient (Wildman–Crippen LogP) is -0.0805. The number of carbonyl (C=O) groups excluding carboxylic acids is 2.